The predicted octanol–water partition coefficient (Wildman–Crippen LogP) is 1.61. The molecule has 0 unspecified atom stereocenters. The zero-order chi connectivity index (χ0) is 15.5. The summed E-state index contributed by atoms with van der Waals surface area (Å²) >= 11 is 0. The van der Waals surface area contributed by atoms with Gasteiger partial charge in [0.15, 0.2) is 6.61 Å². The van der Waals surface area contributed by atoms with Crippen molar-refractivity contribution in [1.29, 1.82) is 0 Å². The Morgan fingerprint density at radius 2 is 1.91 bits per heavy atom. The van der Waals surface area contributed by atoms with Crippen molar-refractivity contribution >= 4 is 0 Å². The number of aromatic nitrogens is 6. The largest absolute Gasteiger partial charge is 0.485 e. The molecule has 0 saturated heterocycles. The average Bonchev–Trinajstić information content (AvgIpc) is 3.06. The fraction of sp³-hybridized carbons (Fsp3) is 0.357. The Hall–Kier alpha value is -2.77. The van der Waals surface area contributed by atoms with Gasteiger partial charge < -0.3 is 9.26 Å². The van der Waals surface area contributed by atoms with Crippen LogP contribution in [0.25, 0.3) is 0 Å². The molecule has 0 bridgehead atoms. The molecule has 3 rings (SSSR count). The molecule has 2 aromatic heterocycles. The lowest BCUT2D eigenvalue weighted by molar-refractivity contribution is 0.284. The van der Waals surface area contributed by atoms with Crippen LogP contribution in [0.4, 0.5) is 0 Å². The third kappa shape index (κ3) is 3.27. The van der Waals surface area contributed by atoms with E-state index in [-0.39, 0.29) is 6.61 Å². The van der Waals surface area contributed by atoms with E-state index in [1.165, 1.54) is 0 Å². The second-order valence-electron chi connectivity index (χ2n) is 5.10. The number of benzene rings is 1. The lowest BCUT2D eigenvalue weighted by Crippen LogP contribution is -2.05. The number of tetrazole rings is 1. The Kier molecular flexibility index (Phi) is 3.82. The molecule has 0 fully saturated rings. The molecule has 0 aliphatic rings. The maximum absolute atomic E-state index is 5.69. The Labute approximate surface area is 127 Å². The van der Waals surface area contributed by atoms with Crippen molar-refractivity contribution in [1.82, 2.24) is 30.3 Å². The molecule has 0 saturated carbocycles. The van der Waals surface area contributed by atoms with E-state index in [0.29, 0.717) is 24.1 Å². The highest BCUT2D eigenvalue weighted by Crippen LogP contribution is 2.17. The smallest absolute Gasteiger partial charge is 0.248 e. The fourth-order valence-electron chi connectivity index (χ4n) is 2.10. The topological polar surface area (TPSA) is 91.8 Å². The minimum absolute atomic E-state index is 0.251. The average molecular weight is 300 g/mol. The maximum atomic E-state index is 5.69. The normalized spacial score (nSPS) is 10.9. The maximum Gasteiger partial charge on any atom is 0.248 e. The van der Waals surface area contributed by atoms with Crippen LogP contribution in [0.5, 0.6) is 5.75 Å². The van der Waals surface area contributed by atoms with Crippen LogP contribution in [0.2, 0.25) is 0 Å². The summed E-state index contributed by atoms with van der Waals surface area (Å²) in [5.41, 5.74) is 2.30. The van der Waals surface area contributed by atoms with E-state index in [1.807, 2.05) is 26.0 Å². The molecule has 0 atom stereocenters. The molecule has 1 aromatic carbocycles. The molecule has 3 aromatic rings. The second kappa shape index (κ2) is 5.92. The highest BCUT2D eigenvalue weighted by Gasteiger charge is 2.10. The van der Waals surface area contributed by atoms with Crippen LogP contribution in [0.1, 0.15) is 28.7 Å². The molecule has 22 heavy (non-hydrogen) atoms. The quantitative estimate of drug-likeness (QED) is 0.706. The van der Waals surface area contributed by atoms with E-state index in [4.69, 9.17) is 9.26 Å². The highest BCUT2D eigenvalue weighted by molar-refractivity contribution is 5.32. The lowest BCUT2D eigenvalue weighted by Gasteiger charge is -2.05. The molecule has 0 N–H and O–H groups in total. The molecule has 8 nitrogen and oxygen atoms in total. The molecule has 114 valence electrons. The molecule has 0 aliphatic carbocycles. The number of rotatable bonds is 5. The summed E-state index contributed by atoms with van der Waals surface area (Å²) < 4.78 is 12.5. The SMILES string of the molecule is Cc1cc(C)cc(OCc2noc(Cn3nnnc3C)n2)c1. The Balaban J connectivity index is 1.63. The van der Waals surface area contributed by atoms with Crippen LogP contribution < -0.4 is 4.74 Å². The minimum atomic E-state index is 0.251. The van der Waals surface area contributed by atoms with Gasteiger partial charge in [-0.15, -0.1) is 5.10 Å². The van der Waals surface area contributed by atoms with E-state index in [0.717, 1.165) is 16.9 Å². The molecular formula is C14H16N6O2. The zero-order valence-electron chi connectivity index (χ0n) is 12.6. The monoisotopic (exact) mass is 300 g/mol. The molecule has 8 heteroatoms. The van der Waals surface area contributed by atoms with Gasteiger partial charge in [0.2, 0.25) is 11.7 Å². The van der Waals surface area contributed by atoms with Gasteiger partial charge in [0.25, 0.3) is 0 Å². The summed E-state index contributed by atoms with van der Waals surface area (Å²) in [7, 11) is 0. The number of aryl methyl sites for hydroxylation is 3. The van der Waals surface area contributed by atoms with Gasteiger partial charge in [0.05, 0.1) is 0 Å². The number of ether oxygens (including phenoxy) is 1. The van der Waals surface area contributed by atoms with Crippen LogP contribution in [-0.2, 0) is 13.2 Å². The van der Waals surface area contributed by atoms with E-state index in [9.17, 15) is 0 Å². The molecule has 0 spiro atoms. The standard InChI is InChI=1S/C14H16N6O2/c1-9-4-10(2)6-12(5-9)21-8-13-15-14(22-17-13)7-20-11(3)16-18-19-20/h4-6H,7-8H2,1-3H3. The summed E-state index contributed by atoms with van der Waals surface area (Å²) in [5.74, 6) is 2.40. The van der Waals surface area contributed by atoms with Crippen molar-refractivity contribution in [2.45, 2.75) is 33.9 Å². The molecular weight excluding hydrogens is 284 g/mol. The summed E-state index contributed by atoms with van der Waals surface area (Å²) in [5, 5.41) is 15.1. The minimum Gasteiger partial charge on any atom is -0.485 e. The van der Waals surface area contributed by atoms with Gasteiger partial charge >= 0.3 is 0 Å². The van der Waals surface area contributed by atoms with Crippen LogP contribution in [0.3, 0.4) is 0 Å². The Morgan fingerprint density at radius 1 is 1.14 bits per heavy atom. The van der Waals surface area contributed by atoms with Gasteiger partial charge in [-0.25, -0.2) is 4.68 Å². The van der Waals surface area contributed by atoms with Crippen molar-refractivity contribution in [3.8, 4) is 5.75 Å². The van der Waals surface area contributed by atoms with Crippen molar-refractivity contribution in [2.24, 2.45) is 0 Å². The van der Waals surface area contributed by atoms with Gasteiger partial charge in [-0.1, -0.05) is 11.2 Å². The highest BCUT2D eigenvalue weighted by atomic mass is 16.5. The Bertz CT molecular complexity index is 759. The molecule has 0 aliphatic heterocycles. The first-order chi connectivity index (χ1) is 10.6. The van der Waals surface area contributed by atoms with E-state index in [2.05, 4.69) is 31.7 Å². The number of nitrogens with zero attached hydrogens (tertiary/aromatic N) is 6. The van der Waals surface area contributed by atoms with Crippen LogP contribution in [-0.4, -0.2) is 30.3 Å². The van der Waals surface area contributed by atoms with Crippen molar-refractivity contribution in [3.05, 3.63) is 46.9 Å². The van der Waals surface area contributed by atoms with Gasteiger partial charge in [0.1, 0.15) is 18.1 Å². The van der Waals surface area contributed by atoms with Gasteiger partial charge in [-0.3, -0.25) is 0 Å². The summed E-state index contributed by atoms with van der Waals surface area (Å²) in [6.45, 7) is 6.46. The first kappa shape index (κ1) is 14.2. The molecule has 2 heterocycles. The zero-order valence-corrected chi connectivity index (χ0v) is 12.6. The van der Waals surface area contributed by atoms with Crippen molar-refractivity contribution in [3.63, 3.8) is 0 Å². The summed E-state index contributed by atoms with van der Waals surface area (Å²) in [4.78, 5) is 4.27. The van der Waals surface area contributed by atoms with Gasteiger partial charge in [0, 0.05) is 0 Å². The Morgan fingerprint density at radius 3 is 2.59 bits per heavy atom. The first-order valence-electron chi connectivity index (χ1n) is 6.85. The van der Waals surface area contributed by atoms with Gasteiger partial charge in [-0.2, -0.15) is 4.98 Å². The fourth-order valence-corrected chi connectivity index (χ4v) is 2.10. The van der Waals surface area contributed by atoms with E-state index in [1.54, 1.807) is 11.6 Å². The van der Waals surface area contributed by atoms with Crippen LogP contribution in [0, 0.1) is 20.8 Å². The molecule has 0 amide bonds. The van der Waals surface area contributed by atoms with Crippen molar-refractivity contribution < 1.29 is 9.26 Å². The molecule has 0 radical (unpaired) electrons. The first-order valence-corrected chi connectivity index (χ1v) is 6.85. The predicted molar refractivity (Wildman–Crippen MR) is 76.2 cm³/mol. The third-order valence-electron chi connectivity index (χ3n) is 3.07. The van der Waals surface area contributed by atoms with E-state index < -0.39 is 0 Å². The van der Waals surface area contributed by atoms with E-state index >= 15 is 0 Å². The number of hydrogen-bond acceptors (Lipinski definition) is 7. The summed E-state index contributed by atoms with van der Waals surface area (Å²) in [6, 6.07) is 6.03. The summed E-state index contributed by atoms with van der Waals surface area (Å²) in [6.07, 6.45) is 0. The number of hydrogen-bond donors (Lipinski definition) is 0. The third-order valence-corrected chi connectivity index (χ3v) is 3.07. The van der Waals surface area contributed by atoms with Gasteiger partial charge in [-0.05, 0) is 54.5 Å². The second-order valence-corrected chi connectivity index (χ2v) is 5.10. The van der Waals surface area contributed by atoms with Crippen LogP contribution in [0.15, 0.2) is 22.7 Å². The van der Waals surface area contributed by atoms with Crippen LogP contribution >= 0.6 is 0 Å². The lowest BCUT2D eigenvalue weighted by atomic mass is 10.1. The van der Waals surface area contributed by atoms with Crippen molar-refractivity contribution in [2.75, 3.05) is 0 Å².